The van der Waals surface area contributed by atoms with Crippen LogP contribution in [0, 0.1) is 5.82 Å². The number of nitrogens with zero attached hydrogens (tertiary/aromatic N) is 4. The minimum Gasteiger partial charge on any atom is -0.338 e. The molecule has 0 aliphatic rings. The van der Waals surface area contributed by atoms with Crippen LogP contribution < -0.4 is 5.32 Å². The molecule has 1 unspecified atom stereocenters. The van der Waals surface area contributed by atoms with E-state index in [1.54, 1.807) is 12.1 Å². The molecule has 120 valence electrons. The van der Waals surface area contributed by atoms with E-state index in [4.69, 9.17) is 4.52 Å². The van der Waals surface area contributed by atoms with E-state index in [1.165, 1.54) is 35.2 Å². The van der Waals surface area contributed by atoms with E-state index in [2.05, 4.69) is 25.7 Å². The molecule has 0 aliphatic carbocycles. The van der Waals surface area contributed by atoms with Crippen LogP contribution in [0.1, 0.15) is 30.8 Å². The van der Waals surface area contributed by atoms with Gasteiger partial charge in [-0.1, -0.05) is 41.2 Å². The molecule has 1 N–H and O–H groups in total. The molecule has 0 bridgehead atoms. The number of nitrogens with one attached hydrogen (secondary N) is 1. The Balaban J connectivity index is 1.64. The molecule has 1 aromatic carbocycles. The van der Waals surface area contributed by atoms with E-state index in [9.17, 15) is 4.39 Å². The molecule has 0 spiro atoms. The number of anilines is 2. The number of thioether (sulfide) groups is 1. The summed E-state index contributed by atoms with van der Waals surface area (Å²) in [6, 6.07) is 6.20. The van der Waals surface area contributed by atoms with Crippen molar-refractivity contribution in [2.75, 3.05) is 5.32 Å². The standard InChI is InChI=1S/C14H14FN5OS2/c1-3-11-17-12(21-20-11)8(2)22-14-19-18-13(23-14)16-10-6-4-5-9(15)7-10/h4-8H,3H2,1-2H3,(H,16,18). The minimum absolute atomic E-state index is 0.0160. The molecule has 0 saturated heterocycles. The van der Waals surface area contributed by atoms with Crippen molar-refractivity contribution < 1.29 is 8.91 Å². The first-order valence-corrected chi connectivity index (χ1v) is 8.69. The van der Waals surface area contributed by atoms with Gasteiger partial charge in [0.1, 0.15) is 5.82 Å². The summed E-state index contributed by atoms with van der Waals surface area (Å²) in [5, 5.41) is 15.7. The van der Waals surface area contributed by atoms with Gasteiger partial charge in [-0.05, 0) is 25.1 Å². The van der Waals surface area contributed by atoms with Crippen LogP contribution in [-0.2, 0) is 6.42 Å². The highest BCUT2D eigenvalue weighted by Gasteiger charge is 2.17. The Bertz CT molecular complexity index is 791. The summed E-state index contributed by atoms with van der Waals surface area (Å²) in [7, 11) is 0. The van der Waals surface area contributed by atoms with Gasteiger partial charge in [-0.3, -0.25) is 0 Å². The second-order valence-electron chi connectivity index (χ2n) is 4.67. The Morgan fingerprint density at radius 2 is 2.26 bits per heavy atom. The predicted molar refractivity (Wildman–Crippen MR) is 87.5 cm³/mol. The quantitative estimate of drug-likeness (QED) is 0.666. The summed E-state index contributed by atoms with van der Waals surface area (Å²) in [6.45, 7) is 3.94. The van der Waals surface area contributed by atoms with Gasteiger partial charge in [0, 0.05) is 12.1 Å². The number of halogens is 1. The van der Waals surface area contributed by atoms with Crippen molar-refractivity contribution in [3.05, 3.63) is 41.8 Å². The molecule has 3 rings (SSSR count). The highest BCUT2D eigenvalue weighted by molar-refractivity contribution is 8.01. The Kier molecular flexibility index (Phi) is 4.87. The lowest BCUT2D eigenvalue weighted by Gasteiger charge is -2.02. The molecule has 0 amide bonds. The van der Waals surface area contributed by atoms with Crippen molar-refractivity contribution in [1.29, 1.82) is 0 Å². The second-order valence-corrected chi connectivity index (χ2v) is 7.24. The van der Waals surface area contributed by atoms with Gasteiger partial charge in [0.25, 0.3) is 0 Å². The molecule has 2 aromatic heterocycles. The van der Waals surface area contributed by atoms with Crippen LogP contribution >= 0.6 is 23.1 Å². The molecular weight excluding hydrogens is 337 g/mol. The fourth-order valence-electron chi connectivity index (χ4n) is 1.78. The molecule has 0 radical (unpaired) electrons. The maximum absolute atomic E-state index is 13.2. The van der Waals surface area contributed by atoms with E-state index >= 15 is 0 Å². The zero-order valence-electron chi connectivity index (χ0n) is 12.5. The van der Waals surface area contributed by atoms with Crippen molar-refractivity contribution in [2.24, 2.45) is 0 Å². The van der Waals surface area contributed by atoms with Crippen LogP contribution in [0.4, 0.5) is 15.2 Å². The summed E-state index contributed by atoms with van der Waals surface area (Å²) in [4.78, 5) is 4.31. The number of rotatable bonds is 6. The SMILES string of the molecule is CCc1noc(C(C)Sc2nnc(Nc3cccc(F)c3)s2)n1. The van der Waals surface area contributed by atoms with Crippen LogP contribution in [0.2, 0.25) is 0 Å². The average molecular weight is 351 g/mol. The van der Waals surface area contributed by atoms with Gasteiger partial charge >= 0.3 is 0 Å². The largest absolute Gasteiger partial charge is 0.338 e. The van der Waals surface area contributed by atoms with Crippen LogP contribution in [0.3, 0.4) is 0 Å². The molecule has 9 heteroatoms. The van der Waals surface area contributed by atoms with E-state index < -0.39 is 0 Å². The highest BCUT2D eigenvalue weighted by atomic mass is 32.2. The molecular formula is C14H14FN5OS2. The Morgan fingerprint density at radius 3 is 3.00 bits per heavy atom. The number of hydrogen-bond acceptors (Lipinski definition) is 8. The number of aromatic nitrogens is 4. The minimum atomic E-state index is -0.300. The fraction of sp³-hybridized carbons (Fsp3) is 0.286. The summed E-state index contributed by atoms with van der Waals surface area (Å²) < 4.78 is 19.2. The van der Waals surface area contributed by atoms with Crippen LogP contribution in [-0.4, -0.2) is 20.3 Å². The lowest BCUT2D eigenvalue weighted by atomic mass is 10.3. The molecule has 3 aromatic rings. The lowest BCUT2D eigenvalue weighted by molar-refractivity contribution is 0.375. The van der Waals surface area contributed by atoms with Crippen molar-refractivity contribution in [3.8, 4) is 0 Å². The van der Waals surface area contributed by atoms with Gasteiger partial charge < -0.3 is 9.84 Å². The molecule has 0 fully saturated rings. The number of hydrogen-bond donors (Lipinski definition) is 1. The van der Waals surface area contributed by atoms with Gasteiger partial charge in [-0.2, -0.15) is 4.98 Å². The Labute approximate surface area is 140 Å². The van der Waals surface area contributed by atoms with Crippen molar-refractivity contribution in [2.45, 2.75) is 29.9 Å². The lowest BCUT2D eigenvalue weighted by Crippen LogP contribution is -1.90. The maximum Gasteiger partial charge on any atom is 0.239 e. The number of aryl methyl sites for hydroxylation is 1. The fourth-order valence-corrected chi connectivity index (χ4v) is 3.72. The number of benzene rings is 1. The highest BCUT2D eigenvalue weighted by Crippen LogP contribution is 2.37. The van der Waals surface area contributed by atoms with Crippen molar-refractivity contribution in [3.63, 3.8) is 0 Å². The van der Waals surface area contributed by atoms with Gasteiger partial charge in [0.15, 0.2) is 10.2 Å². The van der Waals surface area contributed by atoms with Crippen LogP contribution in [0.5, 0.6) is 0 Å². The Morgan fingerprint density at radius 1 is 1.39 bits per heavy atom. The van der Waals surface area contributed by atoms with E-state index in [1.807, 2.05) is 13.8 Å². The van der Waals surface area contributed by atoms with Gasteiger partial charge in [0.2, 0.25) is 11.0 Å². The topological polar surface area (TPSA) is 76.7 Å². The van der Waals surface area contributed by atoms with Gasteiger partial charge in [0.05, 0.1) is 5.25 Å². The summed E-state index contributed by atoms with van der Waals surface area (Å²) in [5.41, 5.74) is 0.634. The normalized spacial score (nSPS) is 12.3. The monoisotopic (exact) mass is 351 g/mol. The first-order valence-electron chi connectivity index (χ1n) is 6.99. The third kappa shape index (κ3) is 4.05. The smallest absolute Gasteiger partial charge is 0.239 e. The van der Waals surface area contributed by atoms with E-state index in [0.717, 1.165) is 10.8 Å². The van der Waals surface area contributed by atoms with Gasteiger partial charge in [-0.15, -0.1) is 10.2 Å². The summed E-state index contributed by atoms with van der Waals surface area (Å²) in [5.74, 6) is 0.964. The third-order valence-corrected chi connectivity index (χ3v) is 4.92. The summed E-state index contributed by atoms with van der Waals surface area (Å²) in [6.07, 6.45) is 0.737. The zero-order chi connectivity index (χ0) is 16.2. The van der Waals surface area contributed by atoms with Crippen molar-refractivity contribution in [1.82, 2.24) is 20.3 Å². The van der Waals surface area contributed by atoms with Crippen molar-refractivity contribution >= 4 is 33.9 Å². The first-order chi connectivity index (χ1) is 11.1. The predicted octanol–water partition coefficient (Wildman–Crippen LogP) is 4.22. The van der Waals surface area contributed by atoms with E-state index in [-0.39, 0.29) is 11.1 Å². The molecule has 0 aliphatic heterocycles. The van der Waals surface area contributed by atoms with Crippen LogP contribution in [0.15, 0.2) is 33.1 Å². The first kappa shape index (κ1) is 15.9. The second kappa shape index (κ2) is 7.05. The van der Waals surface area contributed by atoms with Crippen LogP contribution in [0.25, 0.3) is 0 Å². The zero-order valence-corrected chi connectivity index (χ0v) is 14.1. The third-order valence-electron chi connectivity index (χ3n) is 2.91. The maximum atomic E-state index is 13.2. The summed E-state index contributed by atoms with van der Waals surface area (Å²) >= 11 is 2.88. The molecule has 1 atom stereocenters. The molecule has 6 nitrogen and oxygen atoms in total. The average Bonchev–Trinajstić information content (AvgIpc) is 3.16. The molecule has 0 saturated carbocycles. The molecule has 2 heterocycles. The van der Waals surface area contributed by atoms with E-state index in [0.29, 0.717) is 22.5 Å². The van der Waals surface area contributed by atoms with Gasteiger partial charge in [-0.25, -0.2) is 4.39 Å². The molecule has 23 heavy (non-hydrogen) atoms. The Hall–Kier alpha value is -2.00.